The number of H-pyrrole nitrogens is 1. The third-order valence-corrected chi connectivity index (χ3v) is 1.93. The Balaban J connectivity index is 2.69. The molecule has 0 aromatic carbocycles. The zero-order valence-corrected chi connectivity index (χ0v) is 7.12. The largest absolute Gasteiger partial charge is 0.395 e. The third kappa shape index (κ3) is 1.85. The number of aliphatic hydroxyl groups is 1. The summed E-state index contributed by atoms with van der Waals surface area (Å²) >= 11 is 0. The van der Waals surface area contributed by atoms with Crippen LogP contribution in [0.2, 0.25) is 0 Å². The predicted molar refractivity (Wildman–Crippen MR) is 47.7 cm³/mol. The average molecular weight is 169 g/mol. The van der Waals surface area contributed by atoms with Gasteiger partial charge in [0, 0.05) is 18.4 Å². The van der Waals surface area contributed by atoms with Crippen molar-refractivity contribution in [1.82, 2.24) is 10.3 Å². The molecular formula is C8H15N3O. The lowest BCUT2D eigenvalue weighted by molar-refractivity contribution is 0.240. The van der Waals surface area contributed by atoms with E-state index in [9.17, 15) is 0 Å². The maximum atomic E-state index is 8.86. The molecule has 1 rings (SSSR count). The van der Waals surface area contributed by atoms with E-state index in [1.807, 2.05) is 25.5 Å². The minimum atomic E-state index is -0.259. The molecule has 0 fully saturated rings. The lowest BCUT2D eigenvalue weighted by atomic mass is 10.0. The highest BCUT2D eigenvalue weighted by Gasteiger charge is 2.16. The summed E-state index contributed by atoms with van der Waals surface area (Å²) in [6.45, 7) is -0.0172. The number of aromatic amines is 1. The smallest absolute Gasteiger partial charge is 0.0601 e. The molecule has 0 spiro atoms. The van der Waals surface area contributed by atoms with Crippen LogP contribution in [0.15, 0.2) is 18.5 Å². The average Bonchev–Trinajstić information content (AvgIpc) is 2.58. The number of likely N-dealkylation sites (N-methyl/N-ethyl adjacent to an activating group) is 1. The molecule has 0 amide bonds. The van der Waals surface area contributed by atoms with Crippen LogP contribution >= 0.6 is 0 Å². The quantitative estimate of drug-likeness (QED) is 0.495. The van der Waals surface area contributed by atoms with Gasteiger partial charge in [0.25, 0.3) is 0 Å². The van der Waals surface area contributed by atoms with Gasteiger partial charge in [0.05, 0.1) is 12.6 Å². The van der Waals surface area contributed by atoms with Gasteiger partial charge in [-0.2, -0.15) is 0 Å². The third-order valence-electron chi connectivity index (χ3n) is 1.93. The second kappa shape index (κ2) is 4.25. The minimum Gasteiger partial charge on any atom is -0.395 e. The van der Waals surface area contributed by atoms with Crippen molar-refractivity contribution >= 4 is 0 Å². The van der Waals surface area contributed by atoms with E-state index in [4.69, 9.17) is 10.8 Å². The fraction of sp³-hybridized carbons (Fsp3) is 0.500. The van der Waals surface area contributed by atoms with Crippen molar-refractivity contribution < 1.29 is 5.11 Å². The first-order chi connectivity index (χ1) is 5.79. The molecule has 1 aromatic heterocycles. The SMILES string of the molecule is CNC(c1cc[nH]c1)C(N)CO. The van der Waals surface area contributed by atoms with E-state index in [1.165, 1.54) is 0 Å². The first kappa shape index (κ1) is 9.25. The van der Waals surface area contributed by atoms with Crippen LogP contribution in [0, 0.1) is 0 Å². The van der Waals surface area contributed by atoms with Gasteiger partial charge in [0.1, 0.15) is 0 Å². The van der Waals surface area contributed by atoms with E-state index in [1.54, 1.807) is 0 Å². The van der Waals surface area contributed by atoms with Crippen molar-refractivity contribution in [2.75, 3.05) is 13.7 Å². The molecule has 0 aliphatic carbocycles. The van der Waals surface area contributed by atoms with Gasteiger partial charge in [0.15, 0.2) is 0 Å². The zero-order valence-electron chi connectivity index (χ0n) is 7.12. The maximum absolute atomic E-state index is 8.86. The highest BCUT2D eigenvalue weighted by atomic mass is 16.3. The second-order valence-electron chi connectivity index (χ2n) is 2.76. The molecule has 1 aromatic rings. The number of rotatable bonds is 4. The summed E-state index contributed by atoms with van der Waals surface area (Å²) in [5, 5.41) is 11.9. The summed E-state index contributed by atoms with van der Waals surface area (Å²) in [6, 6.07) is 1.70. The highest BCUT2D eigenvalue weighted by Crippen LogP contribution is 2.13. The Morgan fingerprint density at radius 2 is 2.50 bits per heavy atom. The van der Waals surface area contributed by atoms with Crippen molar-refractivity contribution in [3.05, 3.63) is 24.0 Å². The van der Waals surface area contributed by atoms with Crippen molar-refractivity contribution in [2.24, 2.45) is 5.73 Å². The van der Waals surface area contributed by atoms with Crippen LogP contribution in [0.3, 0.4) is 0 Å². The fourth-order valence-corrected chi connectivity index (χ4v) is 1.26. The van der Waals surface area contributed by atoms with E-state index in [0.29, 0.717) is 0 Å². The van der Waals surface area contributed by atoms with Gasteiger partial charge < -0.3 is 21.1 Å². The summed E-state index contributed by atoms with van der Waals surface area (Å²) in [6.07, 6.45) is 3.71. The number of nitrogens with two attached hydrogens (primary N) is 1. The van der Waals surface area contributed by atoms with Gasteiger partial charge in [-0.3, -0.25) is 0 Å². The molecule has 2 unspecified atom stereocenters. The number of aromatic nitrogens is 1. The van der Waals surface area contributed by atoms with Crippen LogP contribution in [0.4, 0.5) is 0 Å². The van der Waals surface area contributed by atoms with Crippen LogP contribution < -0.4 is 11.1 Å². The zero-order chi connectivity index (χ0) is 8.97. The Hall–Kier alpha value is -0.840. The molecule has 1 heterocycles. The highest BCUT2D eigenvalue weighted by molar-refractivity contribution is 5.15. The minimum absolute atomic E-state index is 0.0150. The first-order valence-electron chi connectivity index (χ1n) is 3.96. The van der Waals surface area contributed by atoms with Crippen molar-refractivity contribution in [3.63, 3.8) is 0 Å². The molecule has 0 saturated heterocycles. The lowest BCUT2D eigenvalue weighted by Crippen LogP contribution is -2.38. The topological polar surface area (TPSA) is 74.1 Å². The van der Waals surface area contributed by atoms with E-state index in [-0.39, 0.29) is 18.7 Å². The Labute approximate surface area is 71.8 Å². The van der Waals surface area contributed by atoms with Crippen LogP contribution in [-0.4, -0.2) is 29.8 Å². The van der Waals surface area contributed by atoms with Gasteiger partial charge in [-0.25, -0.2) is 0 Å². The number of hydrogen-bond donors (Lipinski definition) is 4. The standard InChI is InChI=1S/C8H15N3O/c1-10-8(7(9)5-12)6-2-3-11-4-6/h2-4,7-8,10-12H,5,9H2,1H3. The molecule has 4 nitrogen and oxygen atoms in total. The van der Waals surface area contributed by atoms with Gasteiger partial charge in [0.2, 0.25) is 0 Å². The van der Waals surface area contributed by atoms with Crippen molar-refractivity contribution in [3.8, 4) is 0 Å². The Bertz CT molecular complexity index is 210. The van der Waals surface area contributed by atoms with E-state index in [0.717, 1.165) is 5.56 Å². The molecule has 2 atom stereocenters. The molecular weight excluding hydrogens is 154 g/mol. The Morgan fingerprint density at radius 1 is 1.75 bits per heavy atom. The molecule has 0 aliphatic heterocycles. The summed E-state index contributed by atoms with van der Waals surface area (Å²) in [4.78, 5) is 2.95. The van der Waals surface area contributed by atoms with Crippen LogP contribution in [-0.2, 0) is 0 Å². The maximum Gasteiger partial charge on any atom is 0.0601 e. The van der Waals surface area contributed by atoms with Gasteiger partial charge in [-0.15, -0.1) is 0 Å². The molecule has 68 valence electrons. The summed E-state index contributed by atoms with van der Waals surface area (Å²) in [7, 11) is 1.83. The fourth-order valence-electron chi connectivity index (χ4n) is 1.26. The molecule has 0 aliphatic rings. The van der Waals surface area contributed by atoms with E-state index >= 15 is 0 Å². The molecule has 4 heteroatoms. The van der Waals surface area contributed by atoms with Crippen LogP contribution in [0.1, 0.15) is 11.6 Å². The second-order valence-corrected chi connectivity index (χ2v) is 2.76. The van der Waals surface area contributed by atoms with E-state index in [2.05, 4.69) is 10.3 Å². The number of nitrogens with one attached hydrogen (secondary N) is 2. The lowest BCUT2D eigenvalue weighted by Gasteiger charge is -2.20. The van der Waals surface area contributed by atoms with Crippen molar-refractivity contribution in [1.29, 1.82) is 0 Å². The van der Waals surface area contributed by atoms with Crippen LogP contribution in [0.5, 0.6) is 0 Å². The molecule has 0 radical (unpaired) electrons. The monoisotopic (exact) mass is 169 g/mol. The Kier molecular flexibility index (Phi) is 3.28. The van der Waals surface area contributed by atoms with Gasteiger partial charge in [-0.1, -0.05) is 0 Å². The molecule has 12 heavy (non-hydrogen) atoms. The first-order valence-corrected chi connectivity index (χ1v) is 3.96. The van der Waals surface area contributed by atoms with Crippen LogP contribution in [0.25, 0.3) is 0 Å². The number of aliphatic hydroxyl groups excluding tert-OH is 1. The van der Waals surface area contributed by atoms with Gasteiger partial charge in [-0.05, 0) is 18.7 Å². The molecule has 0 bridgehead atoms. The van der Waals surface area contributed by atoms with Gasteiger partial charge >= 0.3 is 0 Å². The Morgan fingerprint density at radius 3 is 2.92 bits per heavy atom. The summed E-state index contributed by atoms with van der Waals surface area (Å²) in [5.41, 5.74) is 6.76. The number of hydrogen-bond acceptors (Lipinski definition) is 3. The van der Waals surface area contributed by atoms with Crippen molar-refractivity contribution in [2.45, 2.75) is 12.1 Å². The molecule has 5 N–H and O–H groups in total. The summed E-state index contributed by atoms with van der Waals surface area (Å²) < 4.78 is 0. The van der Waals surface area contributed by atoms with E-state index < -0.39 is 0 Å². The molecule has 0 saturated carbocycles. The summed E-state index contributed by atoms with van der Waals surface area (Å²) in [5.74, 6) is 0. The normalized spacial score (nSPS) is 15.9. The predicted octanol–water partition coefficient (Wildman–Crippen LogP) is -0.405.